The summed E-state index contributed by atoms with van der Waals surface area (Å²) < 4.78 is 0.136. The first-order valence-electron chi connectivity index (χ1n) is 7.54. The third-order valence-corrected chi connectivity index (χ3v) is 5.22. The first kappa shape index (κ1) is 17.4. The standard InChI is InChI=1S/C15H28INO2/c1-10(2)12(15(16)19)9-14(18)13(17)8-11-6-4-3-5-7-11/h10-14,18H,3-9,17H2,1-2H3/t12-,13-,14-/m0/s1. The Morgan fingerprint density at radius 3 is 2.37 bits per heavy atom. The maximum absolute atomic E-state index is 11.6. The summed E-state index contributed by atoms with van der Waals surface area (Å²) in [6.07, 6.45) is 7.30. The van der Waals surface area contributed by atoms with Crippen LogP contribution < -0.4 is 5.73 Å². The van der Waals surface area contributed by atoms with Gasteiger partial charge in [-0.25, -0.2) is 0 Å². The Hall–Kier alpha value is 0.320. The van der Waals surface area contributed by atoms with E-state index in [0.717, 1.165) is 6.42 Å². The fraction of sp³-hybridized carbons (Fsp3) is 0.933. The van der Waals surface area contributed by atoms with Crippen molar-refractivity contribution in [1.29, 1.82) is 0 Å². The molecule has 112 valence electrons. The fourth-order valence-corrected chi connectivity index (χ4v) is 4.00. The molecule has 3 atom stereocenters. The Balaban J connectivity index is 2.41. The van der Waals surface area contributed by atoms with E-state index in [4.69, 9.17) is 5.73 Å². The highest BCUT2D eigenvalue weighted by molar-refractivity contribution is 14.1. The Morgan fingerprint density at radius 2 is 1.89 bits per heavy atom. The number of hydrogen-bond donors (Lipinski definition) is 2. The molecule has 1 rings (SSSR count). The van der Waals surface area contributed by atoms with Crippen molar-refractivity contribution in [3.8, 4) is 0 Å². The Bertz CT molecular complexity index is 277. The quantitative estimate of drug-likeness (QED) is 0.526. The van der Waals surface area contributed by atoms with Crippen LogP contribution in [-0.2, 0) is 4.79 Å². The number of nitrogens with two attached hydrogens (primary N) is 1. The highest BCUT2D eigenvalue weighted by Gasteiger charge is 2.28. The topological polar surface area (TPSA) is 63.3 Å². The van der Waals surface area contributed by atoms with Gasteiger partial charge < -0.3 is 10.8 Å². The number of hydrogen-bond acceptors (Lipinski definition) is 3. The van der Waals surface area contributed by atoms with Crippen molar-refractivity contribution in [2.45, 2.75) is 70.9 Å². The summed E-state index contributed by atoms with van der Waals surface area (Å²) >= 11 is 1.84. The van der Waals surface area contributed by atoms with Gasteiger partial charge in [0.25, 0.3) is 0 Å². The van der Waals surface area contributed by atoms with Crippen LogP contribution in [0.2, 0.25) is 0 Å². The highest BCUT2D eigenvalue weighted by Crippen LogP contribution is 2.29. The molecule has 0 unspecified atom stereocenters. The van der Waals surface area contributed by atoms with E-state index in [2.05, 4.69) is 0 Å². The van der Waals surface area contributed by atoms with Crippen molar-refractivity contribution in [1.82, 2.24) is 0 Å². The lowest BCUT2D eigenvalue weighted by Crippen LogP contribution is -2.39. The first-order chi connectivity index (χ1) is 8.91. The number of carbonyl (C=O) groups is 1. The van der Waals surface area contributed by atoms with E-state index in [1.807, 2.05) is 36.4 Å². The van der Waals surface area contributed by atoms with E-state index in [9.17, 15) is 9.90 Å². The van der Waals surface area contributed by atoms with Gasteiger partial charge in [0.1, 0.15) is 0 Å². The van der Waals surface area contributed by atoms with E-state index < -0.39 is 6.10 Å². The minimum Gasteiger partial charge on any atom is -0.391 e. The number of aliphatic hydroxyl groups excluding tert-OH is 1. The van der Waals surface area contributed by atoms with Crippen LogP contribution in [0.1, 0.15) is 58.8 Å². The minimum absolute atomic E-state index is 0.0759. The van der Waals surface area contributed by atoms with Crippen molar-refractivity contribution in [2.75, 3.05) is 0 Å². The molecule has 0 bridgehead atoms. The van der Waals surface area contributed by atoms with Crippen molar-refractivity contribution in [2.24, 2.45) is 23.5 Å². The van der Waals surface area contributed by atoms with Crippen LogP contribution >= 0.6 is 22.6 Å². The number of aliphatic hydroxyl groups is 1. The maximum atomic E-state index is 11.6. The molecule has 19 heavy (non-hydrogen) atoms. The fourth-order valence-electron chi connectivity index (χ4n) is 3.03. The lowest BCUT2D eigenvalue weighted by Gasteiger charge is -2.29. The molecule has 0 amide bonds. The zero-order valence-electron chi connectivity index (χ0n) is 12.1. The SMILES string of the molecule is CC(C)[C@H](C[C@H](O)[C@@H](N)CC1CCCCC1)C(=O)I. The van der Waals surface area contributed by atoms with Crippen LogP contribution in [0.4, 0.5) is 0 Å². The molecule has 0 aromatic carbocycles. The molecule has 0 aromatic rings. The molecular formula is C15H28INO2. The van der Waals surface area contributed by atoms with E-state index >= 15 is 0 Å². The molecular weight excluding hydrogens is 353 g/mol. The van der Waals surface area contributed by atoms with Crippen molar-refractivity contribution in [3.05, 3.63) is 0 Å². The minimum atomic E-state index is -0.548. The van der Waals surface area contributed by atoms with Gasteiger partial charge in [-0.05, 0) is 47.3 Å². The van der Waals surface area contributed by atoms with E-state index in [1.54, 1.807) is 0 Å². The normalized spacial score (nSPS) is 22.2. The van der Waals surface area contributed by atoms with Gasteiger partial charge >= 0.3 is 0 Å². The summed E-state index contributed by atoms with van der Waals surface area (Å²) in [4.78, 5) is 11.6. The molecule has 0 aliphatic heterocycles. The average Bonchev–Trinajstić information content (AvgIpc) is 2.35. The molecule has 1 saturated carbocycles. The van der Waals surface area contributed by atoms with Gasteiger partial charge in [-0.15, -0.1) is 0 Å². The third kappa shape index (κ3) is 6.08. The van der Waals surface area contributed by atoms with Crippen molar-refractivity contribution < 1.29 is 9.90 Å². The van der Waals surface area contributed by atoms with Gasteiger partial charge in [-0.3, -0.25) is 4.79 Å². The van der Waals surface area contributed by atoms with Gasteiger partial charge in [-0.2, -0.15) is 0 Å². The van der Waals surface area contributed by atoms with E-state index in [1.165, 1.54) is 32.1 Å². The predicted molar refractivity (Wildman–Crippen MR) is 87.1 cm³/mol. The molecule has 1 fully saturated rings. The highest BCUT2D eigenvalue weighted by atomic mass is 127. The van der Waals surface area contributed by atoms with Gasteiger partial charge in [0.15, 0.2) is 3.79 Å². The van der Waals surface area contributed by atoms with E-state index in [0.29, 0.717) is 12.3 Å². The molecule has 1 aliphatic carbocycles. The average molecular weight is 381 g/mol. The summed E-state index contributed by atoms with van der Waals surface area (Å²) in [5.41, 5.74) is 6.13. The number of carbonyl (C=O) groups excluding carboxylic acids is 1. The van der Waals surface area contributed by atoms with Crippen LogP contribution in [0.15, 0.2) is 0 Å². The molecule has 3 N–H and O–H groups in total. The molecule has 0 aromatic heterocycles. The zero-order valence-corrected chi connectivity index (χ0v) is 14.3. The van der Waals surface area contributed by atoms with Crippen molar-refractivity contribution in [3.63, 3.8) is 0 Å². The molecule has 3 nitrogen and oxygen atoms in total. The largest absolute Gasteiger partial charge is 0.391 e. The monoisotopic (exact) mass is 381 g/mol. The van der Waals surface area contributed by atoms with Gasteiger partial charge in [0.2, 0.25) is 0 Å². The summed E-state index contributed by atoms with van der Waals surface area (Å²) in [5, 5.41) is 10.2. The number of rotatable bonds is 7. The Labute approximate surface area is 130 Å². The summed E-state index contributed by atoms with van der Waals surface area (Å²) in [7, 11) is 0. The number of halogens is 1. The van der Waals surface area contributed by atoms with Crippen LogP contribution in [-0.4, -0.2) is 21.0 Å². The summed E-state index contributed by atoms with van der Waals surface area (Å²) in [6, 6.07) is -0.180. The van der Waals surface area contributed by atoms with Gasteiger partial charge in [-0.1, -0.05) is 46.0 Å². The second-order valence-electron chi connectivity index (χ2n) is 6.36. The molecule has 0 heterocycles. The molecule has 4 heteroatoms. The predicted octanol–water partition coefficient (Wildman–Crippen LogP) is 3.27. The Kier molecular flexibility index (Phi) is 7.84. The second-order valence-corrected chi connectivity index (χ2v) is 7.42. The van der Waals surface area contributed by atoms with Gasteiger partial charge in [0, 0.05) is 12.0 Å². The lowest BCUT2D eigenvalue weighted by atomic mass is 9.82. The third-order valence-electron chi connectivity index (χ3n) is 4.42. The second kappa shape index (κ2) is 8.57. The molecule has 0 radical (unpaired) electrons. The van der Waals surface area contributed by atoms with Crippen LogP contribution in [0, 0.1) is 17.8 Å². The van der Waals surface area contributed by atoms with E-state index in [-0.39, 0.29) is 21.7 Å². The molecule has 0 saturated heterocycles. The smallest absolute Gasteiger partial charge is 0.195 e. The van der Waals surface area contributed by atoms with Gasteiger partial charge in [0.05, 0.1) is 6.10 Å². The molecule has 0 spiro atoms. The Morgan fingerprint density at radius 1 is 1.32 bits per heavy atom. The van der Waals surface area contributed by atoms with Crippen molar-refractivity contribution >= 4 is 26.4 Å². The molecule has 1 aliphatic rings. The zero-order chi connectivity index (χ0) is 14.4. The lowest BCUT2D eigenvalue weighted by molar-refractivity contribution is -0.115. The van der Waals surface area contributed by atoms with Crippen LogP contribution in [0.5, 0.6) is 0 Å². The summed E-state index contributed by atoms with van der Waals surface area (Å²) in [6.45, 7) is 4.06. The first-order valence-corrected chi connectivity index (χ1v) is 8.62. The maximum Gasteiger partial charge on any atom is 0.195 e. The van der Waals surface area contributed by atoms with Crippen LogP contribution in [0.25, 0.3) is 0 Å². The summed E-state index contributed by atoms with van der Waals surface area (Å²) in [5.74, 6) is 0.861. The van der Waals surface area contributed by atoms with Crippen LogP contribution in [0.3, 0.4) is 0 Å².